The van der Waals surface area contributed by atoms with Crippen molar-refractivity contribution in [1.29, 1.82) is 0 Å². The monoisotopic (exact) mass is 577 g/mol. The first-order valence-corrected chi connectivity index (χ1v) is 15.2. The van der Waals surface area contributed by atoms with Crippen molar-refractivity contribution in [3.8, 4) is 39.7 Å². The van der Waals surface area contributed by atoms with Crippen LogP contribution in [0.4, 0.5) is 0 Å². The van der Waals surface area contributed by atoms with E-state index >= 15 is 0 Å². The summed E-state index contributed by atoms with van der Waals surface area (Å²) in [5.41, 5.74) is 9.03. The second kappa shape index (κ2) is 10.3. The minimum atomic E-state index is 0.793. The van der Waals surface area contributed by atoms with Crippen molar-refractivity contribution in [2.75, 3.05) is 0 Å². The lowest BCUT2D eigenvalue weighted by Gasteiger charge is -2.14. The van der Waals surface area contributed by atoms with E-state index in [4.69, 9.17) is 9.97 Å². The van der Waals surface area contributed by atoms with E-state index in [1.807, 2.05) is 30.6 Å². The molecule has 0 atom stereocenters. The fraction of sp³-hybridized carbons (Fsp3) is 0.0250. The van der Waals surface area contributed by atoms with Gasteiger partial charge in [-0.05, 0) is 82.4 Å². The number of hydrogen-bond acceptors (Lipinski definition) is 4. The normalized spacial score (nSPS) is 12.4. The van der Waals surface area contributed by atoms with Crippen LogP contribution < -0.4 is 5.32 Å². The Morgan fingerprint density at radius 2 is 1.36 bits per heavy atom. The van der Waals surface area contributed by atoms with Gasteiger partial charge in [0.25, 0.3) is 0 Å². The number of nitrogens with one attached hydrogen (secondary N) is 1. The van der Waals surface area contributed by atoms with Crippen molar-refractivity contribution in [1.82, 2.24) is 24.8 Å². The van der Waals surface area contributed by atoms with Gasteiger partial charge >= 0.3 is 0 Å². The first kappa shape index (κ1) is 25.4. The predicted octanol–water partition coefficient (Wildman–Crippen LogP) is 9.20. The highest BCUT2D eigenvalue weighted by atomic mass is 15.1. The zero-order chi connectivity index (χ0) is 29.7. The summed E-state index contributed by atoms with van der Waals surface area (Å²) in [5.74, 6) is 0.881. The first-order chi connectivity index (χ1) is 22.3. The van der Waals surface area contributed by atoms with Crippen LogP contribution in [-0.4, -0.2) is 19.5 Å². The molecule has 0 aliphatic carbocycles. The summed E-state index contributed by atoms with van der Waals surface area (Å²) in [7, 11) is 0. The Balaban J connectivity index is 1.22. The summed E-state index contributed by atoms with van der Waals surface area (Å²) in [4.78, 5) is 15.0. The minimum Gasteiger partial charge on any atom is -0.387 e. The van der Waals surface area contributed by atoms with Gasteiger partial charge in [0, 0.05) is 34.8 Å². The molecule has 5 heterocycles. The third-order valence-corrected chi connectivity index (χ3v) is 8.71. The Morgan fingerprint density at radius 3 is 2.29 bits per heavy atom. The van der Waals surface area contributed by atoms with Gasteiger partial charge in [-0.2, -0.15) is 0 Å². The van der Waals surface area contributed by atoms with Gasteiger partial charge in [-0.1, -0.05) is 78.9 Å². The second-order valence-electron chi connectivity index (χ2n) is 11.4. The van der Waals surface area contributed by atoms with Gasteiger partial charge in [0.05, 0.1) is 34.0 Å². The SMILES string of the molecule is C1=Cc2c(c3ccccc3n2-c2cccc(-c3cc(-c4ccc5c(ccc6ccccc65)c4)nc(-c4ccccn4)c3)n2)CN1. The minimum absolute atomic E-state index is 0.793. The van der Waals surface area contributed by atoms with Gasteiger partial charge < -0.3 is 5.32 Å². The fourth-order valence-corrected chi connectivity index (χ4v) is 6.59. The first-order valence-electron chi connectivity index (χ1n) is 15.2. The lowest BCUT2D eigenvalue weighted by Crippen LogP contribution is -2.11. The molecule has 8 aromatic rings. The number of nitrogens with zero attached hydrogens (tertiary/aromatic N) is 4. The summed E-state index contributed by atoms with van der Waals surface area (Å²) in [6.45, 7) is 0.793. The van der Waals surface area contributed by atoms with Crippen molar-refractivity contribution in [3.63, 3.8) is 0 Å². The van der Waals surface area contributed by atoms with Crippen LogP contribution in [0.2, 0.25) is 0 Å². The van der Waals surface area contributed by atoms with Gasteiger partial charge in [-0.15, -0.1) is 0 Å². The number of hydrogen-bond donors (Lipinski definition) is 1. The van der Waals surface area contributed by atoms with Crippen LogP contribution in [0.1, 0.15) is 11.3 Å². The maximum absolute atomic E-state index is 5.26. The number of fused-ring (bicyclic) bond motifs is 6. The van der Waals surface area contributed by atoms with Crippen molar-refractivity contribution in [2.24, 2.45) is 0 Å². The number of para-hydroxylation sites is 1. The standard InChI is InChI=1S/C40H27N5/c1-2-9-30-26(8-1)15-16-27-22-28(17-18-31(27)30)36-23-29(24-37(43-36)35-11-5-6-20-42-35)34-12-7-14-40(44-34)45-38-13-4-3-10-32(38)33-25-41-21-19-39(33)45/h1-24,41H,25H2. The molecule has 0 bridgehead atoms. The van der Waals surface area contributed by atoms with Gasteiger partial charge in [0.15, 0.2) is 0 Å². The lowest BCUT2D eigenvalue weighted by molar-refractivity contribution is 0.852. The summed E-state index contributed by atoms with van der Waals surface area (Å²) in [6, 6.07) is 44.5. The molecule has 5 heteroatoms. The Hall–Kier alpha value is -6.07. The van der Waals surface area contributed by atoms with E-state index in [1.54, 1.807) is 0 Å². The number of pyridine rings is 3. The highest BCUT2D eigenvalue weighted by Crippen LogP contribution is 2.35. The molecule has 0 saturated heterocycles. The molecule has 1 aliphatic rings. The highest BCUT2D eigenvalue weighted by Gasteiger charge is 2.19. The molecule has 212 valence electrons. The molecule has 0 radical (unpaired) electrons. The summed E-state index contributed by atoms with van der Waals surface area (Å²) >= 11 is 0. The summed E-state index contributed by atoms with van der Waals surface area (Å²) in [6.07, 6.45) is 5.97. The average molecular weight is 578 g/mol. The molecule has 0 spiro atoms. The summed E-state index contributed by atoms with van der Waals surface area (Å²) in [5, 5.41) is 9.53. The van der Waals surface area contributed by atoms with Crippen LogP contribution in [0.5, 0.6) is 0 Å². The van der Waals surface area contributed by atoms with Gasteiger partial charge in [0.1, 0.15) is 5.82 Å². The molecule has 5 nitrogen and oxygen atoms in total. The van der Waals surface area contributed by atoms with E-state index in [0.717, 1.165) is 57.5 Å². The summed E-state index contributed by atoms with van der Waals surface area (Å²) < 4.78 is 2.26. The van der Waals surface area contributed by atoms with Crippen molar-refractivity contribution in [3.05, 3.63) is 151 Å². The van der Waals surface area contributed by atoms with Crippen LogP contribution in [-0.2, 0) is 6.54 Å². The Kier molecular flexibility index (Phi) is 5.81. The van der Waals surface area contributed by atoms with Crippen molar-refractivity contribution in [2.45, 2.75) is 6.54 Å². The molecule has 4 aromatic carbocycles. The number of benzene rings is 4. The van der Waals surface area contributed by atoms with Crippen LogP contribution in [0.3, 0.4) is 0 Å². The van der Waals surface area contributed by atoms with E-state index in [0.29, 0.717) is 0 Å². The number of aromatic nitrogens is 4. The topological polar surface area (TPSA) is 55.6 Å². The Bertz CT molecular complexity index is 2440. The van der Waals surface area contributed by atoms with Crippen molar-refractivity contribution < 1.29 is 0 Å². The molecule has 0 amide bonds. The molecule has 0 unspecified atom stereocenters. The predicted molar refractivity (Wildman–Crippen MR) is 184 cm³/mol. The number of rotatable bonds is 4. The molecule has 1 aliphatic heterocycles. The third-order valence-electron chi connectivity index (χ3n) is 8.71. The quantitative estimate of drug-likeness (QED) is 0.212. The van der Waals surface area contributed by atoms with E-state index in [2.05, 4.69) is 130 Å². The second-order valence-corrected chi connectivity index (χ2v) is 11.4. The van der Waals surface area contributed by atoms with Gasteiger partial charge in [-0.25, -0.2) is 9.97 Å². The maximum atomic E-state index is 5.26. The Morgan fingerprint density at radius 1 is 0.556 bits per heavy atom. The van der Waals surface area contributed by atoms with Crippen LogP contribution >= 0.6 is 0 Å². The van der Waals surface area contributed by atoms with Crippen LogP contribution in [0.15, 0.2) is 140 Å². The molecular weight excluding hydrogens is 550 g/mol. The van der Waals surface area contributed by atoms with Crippen molar-refractivity contribution >= 4 is 38.5 Å². The zero-order valence-corrected chi connectivity index (χ0v) is 24.4. The molecule has 45 heavy (non-hydrogen) atoms. The highest BCUT2D eigenvalue weighted by molar-refractivity contribution is 6.08. The zero-order valence-electron chi connectivity index (χ0n) is 24.4. The van der Waals surface area contributed by atoms with E-state index in [1.165, 1.54) is 32.5 Å². The lowest BCUT2D eigenvalue weighted by atomic mass is 9.98. The van der Waals surface area contributed by atoms with E-state index < -0.39 is 0 Å². The fourth-order valence-electron chi connectivity index (χ4n) is 6.59. The van der Waals surface area contributed by atoms with E-state index in [-0.39, 0.29) is 0 Å². The molecule has 9 rings (SSSR count). The van der Waals surface area contributed by atoms with Crippen LogP contribution in [0, 0.1) is 0 Å². The smallest absolute Gasteiger partial charge is 0.138 e. The maximum Gasteiger partial charge on any atom is 0.138 e. The molecule has 0 fully saturated rings. The molecule has 0 saturated carbocycles. The van der Waals surface area contributed by atoms with E-state index in [9.17, 15) is 0 Å². The molecule has 4 aromatic heterocycles. The van der Waals surface area contributed by atoms with Gasteiger partial charge in [0.2, 0.25) is 0 Å². The average Bonchev–Trinajstić information content (AvgIpc) is 3.46. The van der Waals surface area contributed by atoms with Crippen LogP contribution in [0.25, 0.3) is 78.2 Å². The third kappa shape index (κ3) is 4.28. The molecular formula is C40H27N5. The van der Waals surface area contributed by atoms with Gasteiger partial charge in [-0.3, -0.25) is 9.55 Å². The largest absolute Gasteiger partial charge is 0.387 e. The Labute approximate surface area is 260 Å². The molecule has 1 N–H and O–H groups in total.